The molecule has 0 spiro atoms. The summed E-state index contributed by atoms with van der Waals surface area (Å²) in [6.45, 7) is -2.96. The Morgan fingerprint density at radius 2 is 2.16 bits per heavy atom. The lowest BCUT2D eigenvalue weighted by molar-refractivity contribution is -0.0512. The van der Waals surface area contributed by atoms with E-state index >= 15 is 0 Å². The van der Waals surface area contributed by atoms with Crippen LogP contribution in [0.15, 0.2) is 40.2 Å². The standard InChI is InChI=1S/C16H11ClF2N2O3S/c1-22-11-5-4-9(8-12(11)23-16(18)19)7-10(17)15-20-14(21-24-15)13-3-2-6-25-13/h2-8,16H,1H3/b10-7-. The summed E-state index contributed by atoms with van der Waals surface area (Å²) in [4.78, 5) is 5.05. The number of rotatable bonds is 6. The normalized spacial score (nSPS) is 11.8. The molecule has 0 bridgehead atoms. The number of aromatic nitrogens is 2. The Kier molecular flexibility index (Phi) is 5.30. The molecule has 0 saturated carbocycles. The summed E-state index contributed by atoms with van der Waals surface area (Å²) >= 11 is 7.66. The van der Waals surface area contributed by atoms with Gasteiger partial charge < -0.3 is 14.0 Å². The number of benzene rings is 1. The minimum absolute atomic E-state index is 0.0967. The molecule has 2 heterocycles. The number of thiophene rings is 1. The summed E-state index contributed by atoms with van der Waals surface area (Å²) in [7, 11) is 1.36. The Morgan fingerprint density at radius 1 is 1.32 bits per heavy atom. The highest BCUT2D eigenvalue weighted by molar-refractivity contribution is 7.13. The molecule has 0 N–H and O–H groups in total. The van der Waals surface area contributed by atoms with Crippen molar-refractivity contribution in [1.82, 2.24) is 10.1 Å². The minimum atomic E-state index is -2.96. The highest BCUT2D eigenvalue weighted by Crippen LogP contribution is 2.32. The predicted molar refractivity (Wildman–Crippen MR) is 91.0 cm³/mol. The molecule has 0 saturated heterocycles. The third-order valence-corrected chi connectivity index (χ3v) is 4.21. The van der Waals surface area contributed by atoms with Gasteiger partial charge in [-0.25, -0.2) is 0 Å². The third-order valence-electron chi connectivity index (χ3n) is 3.07. The molecule has 5 nitrogen and oxygen atoms in total. The van der Waals surface area contributed by atoms with Gasteiger partial charge in [0, 0.05) is 0 Å². The summed E-state index contributed by atoms with van der Waals surface area (Å²) in [6.07, 6.45) is 1.51. The lowest BCUT2D eigenvalue weighted by Crippen LogP contribution is -2.03. The van der Waals surface area contributed by atoms with Crippen LogP contribution in [0.1, 0.15) is 11.5 Å². The molecule has 0 radical (unpaired) electrons. The zero-order valence-corrected chi connectivity index (χ0v) is 14.4. The summed E-state index contributed by atoms with van der Waals surface area (Å²) in [5.41, 5.74) is 0.511. The van der Waals surface area contributed by atoms with Crippen molar-refractivity contribution in [3.05, 3.63) is 47.2 Å². The van der Waals surface area contributed by atoms with Gasteiger partial charge in [-0.1, -0.05) is 28.9 Å². The zero-order chi connectivity index (χ0) is 17.8. The maximum atomic E-state index is 12.5. The smallest absolute Gasteiger partial charge is 0.387 e. The topological polar surface area (TPSA) is 57.4 Å². The van der Waals surface area contributed by atoms with Gasteiger partial charge >= 0.3 is 6.61 Å². The van der Waals surface area contributed by atoms with E-state index < -0.39 is 6.61 Å². The lowest BCUT2D eigenvalue weighted by Gasteiger charge is -2.10. The van der Waals surface area contributed by atoms with Crippen molar-refractivity contribution in [3.63, 3.8) is 0 Å². The second kappa shape index (κ2) is 7.62. The first-order chi connectivity index (χ1) is 12.1. The molecule has 1 aromatic carbocycles. The van der Waals surface area contributed by atoms with Crippen molar-refractivity contribution in [3.8, 4) is 22.2 Å². The molecule has 0 aliphatic heterocycles. The Morgan fingerprint density at radius 3 is 2.84 bits per heavy atom. The maximum absolute atomic E-state index is 12.5. The van der Waals surface area contributed by atoms with Crippen LogP contribution >= 0.6 is 22.9 Å². The molecule has 0 fully saturated rings. The molecule has 0 atom stereocenters. The van der Waals surface area contributed by atoms with E-state index in [0.717, 1.165) is 4.88 Å². The average Bonchev–Trinajstić information content (AvgIpc) is 3.26. The van der Waals surface area contributed by atoms with E-state index in [2.05, 4.69) is 14.9 Å². The largest absolute Gasteiger partial charge is 0.493 e. The fourth-order valence-electron chi connectivity index (χ4n) is 2.01. The van der Waals surface area contributed by atoms with E-state index in [4.69, 9.17) is 20.9 Å². The van der Waals surface area contributed by atoms with Crippen molar-refractivity contribution < 1.29 is 22.8 Å². The van der Waals surface area contributed by atoms with Crippen LogP contribution in [0.5, 0.6) is 11.5 Å². The van der Waals surface area contributed by atoms with Crippen LogP contribution in [0.4, 0.5) is 8.78 Å². The molecular formula is C16H11ClF2N2O3S. The van der Waals surface area contributed by atoms with Crippen LogP contribution in [0.25, 0.3) is 21.8 Å². The van der Waals surface area contributed by atoms with Crippen molar-refractivity contribution in [2.45, 2.75) is 6.61 Å². The molecule has 130 valence electrons. The molecule has 9 heteroatoms. The van der Waals surface area contributed by atoms with Crippen LogP contribution < -0.4 is 9.47 Å². The summed E-state index contributed by atoms with van der Waals surface area (Å²) < 4.78 is 39.5. The minimum Gasteiger partial charge on any atom is -0.493 e. The monoisotopic (exact) mass is 384 g/mol. The highest BCUT2D eigenvalue weighted by atomic mass is 35.5. The van der Waals surface area contributed by atoms with E-state index in [1.165, 1.54) is 36.7 Å². The number of alkyl halides is 2. The van der Waals surface area contributed by atoms with Gasteiger partial charge in [0.1, 0.15) is 5.03 Å². The fraction of sp³-hybridized carbons (Fsp3) is 0.125. The zero-order valence-electron chi connectivity index (χ0n) is 12.8. The Hall–Kier alpha value is -2.45. The number of hydrogen-bond donors (Lipinski definition) is 0. The average molecular weight is 385 g/mol. The molecule has 2 aromatic heterocycles. The van der Waals surface area contributed by atoms with Crippen molar-refractivity contribution in [2.75, 3.05) is 7.11 Å². The first kappa shape index (κ1) is 17.4. The lowest BCUT2D eigenvalue weighted by atomic mass is 10.2. The van der Waals surface area contributed by atoms with Gasteiger partial charge in [-0.2, -0.15) is 13.8 Å². The van der Waals surface area contributed by atoms with Gasteiger partial charge in [0.2, 0.25) is 5.82 Å². The van der Waals surface area contributed by atoms with Crippen LogP contribution in [0.2, 0.25) is 0 Å². The van der Waals surface area contributed by atoms with Crippen LogP contribution in [0, 0.1) is 0 Å². The number of ether oxygens (including phenoxy) is 2. The summed E-state index contributed by atoms with van der Waals surface area (Å²) in [5.74, 6) is 0.636. The molecule has 25 heavy (non-hydrogen) atoms. The Labute approximate surface area is 150 Å². The van der Waals surface area contributed by atoms with Crippen LogP contribution in [0.3, 0.4) is 0 Å². The van der Waals surface area contributed by atoms with E-state index in [1.807, 2.05) is 17.5 Å². The predicted octanol–water partition coefficient (Wildman–Crippen LogP) is 5.15. The van der Waals surface area contributed by atoms with Gasteiger partial charge in [0.15, 0.2) is 11.5 Å². The maximum Gasteiger partial charge on any atom is 0.387 e. The Bertz CT molecular complexity index is 881. The molecule has 0 unspecified atom stereocenters. The summed E-state index contributed by atoms with van der Waals surface area (Å²) in [6, 6.07) is 8.24. The number of hydrogen-bond acceptors (Lipinski definition) is 6. The summed E-state index contributed by atoms with van der Waals surface area (Å²) in [5, 5.41) is 5.92. The van der Waals surface area contributed by atoms with Gasteiger partial charge in [-0.3, -0.25) is 0 Å². The molecule has 3 rings (SSSR count). The number of methoxy groups -OCH3 is 1. The van der Waals surface area contributed by atoms with Gasteiger partial charge in [0.05, 0.1) is 12.0 Å². The molecule has 3 aromatic rings. The quantitative estimate of drug-likeness (QED) is 0.588. The molecular weight excluding hydrogens is 374 g/mol. The van der Waals surface area contributed by atoms with Crippen molar-refractivity contribution in [2.24, 2.45) is 0 Å². The van der Waals surface area contributed by atoms with E-state index in [1.54, 1.807) is 6.07 Å². The molecule has 0 aliphatic carbocycles. The van der Waals surface area contributed by atoms with Crippen LogP contribution in [-0.2, 0) is 0 Å². The van der Waals surface area contributed by atoms with Crippen molar-refractivity contribution in [1.29, 1.82) is 0 Å². The van der Waals surface area contributed by atoms with E-state index in [9.17, 15) is 8.78 Å². The SMILES string of the molecule is COc1ccc(/C=C(\Cl)c2nc(-c3cccs3)no2)cc1OC(F)F. The Balaban J connectivity index is 1.87. The van der Waals surface area contributed by atoms with E-state index in [-0.39, 0.29) is 22.4 Å². The van der Waals surface area contributed by atoms with E-state index in [0.29, 0.717) is 11.4 Å². The van der Waals surface area contributed by atoms with Crippen LogP contribution in [-0.4, -0.2) is 23.9 Å². The first-order valence-electron chi connectivity index (χ1n) is 6.95. The van der Waals surface area contributed by atoms with Crippen molar-refractivity contribution >= 4 is 34.0 Å². The fourth-order valence-corrected chi connectivity index (χ4v) is 2.86. The second-order valence-corrected chi connectivity index (χ2v) is 6.04. The number of nitrogens with zero attached hydrogens (tertiary/aromatic N) is 2. The third kappa shape index (κ3) is 4.15. The second-order valence-electron chi connectivity index (χ2n) is 4.68. The first-order valence-corrected chi connectivity index (χ1v) is 8.20. The molecule has 0 aliphatic rings. The number of halogens is 3. The van der Waals surface area contributed by atoms with Gasteiger partial charge in [-0.15, -0.1) is 11.3 Å². The van der Waals surface area contributed by atoms with Gasteiger partial charge in [0.25, 0.3) is 5.89 Å². The molecule has 0 amide bonds. The highest BCUT2D eigenvalue weighted by Gasteiger charge is 2.14. The van der Waals surface area contributed by atoms with Gasteiger partial charge in [-0.05, 0) is 35.2 Å².